The summed E-state index contributed by atoms with van der Waals surface area (Å²) in [6.07, 6.45) is 3.49. The number of aryl methyl sites for hydroxylation is 1. The van der Waals surface area contributed by atoms with Crippen LogP contribution < -0.4 is 10.9 Å². The van der Waals surface area contributed by atoms with E-state index >= 15 is 0 Å². The Morgan fingerprint density at radius 1 is 1.36 bits per heavy atom. The smallest absolute Gasteiger partial charge is 0.262 e. The third-order valence-corrected chi connectivity index (χ3v) is 4.98. The fourth-order valence-corrected chi connectivity index (χ4v) is 3.60. The number of ether oxygens (including phenoxy) is 1. The van der Waals surface area contributed by atoms with Crippen molar-refractivity contribution in [1.29, 1.82) is 0 Å². The summed E-state index contributed by atoms with van der Waals surface area (Å²) in [6, 6.07) is 7.73. The maximum Gasteiger partial charge on any atom is 0.262 e. The molecule has 0 radical (unpaired) electrons. The molecule has 1 atom stereocenters. The number of aromatic nitrogens is 1. The number of halogens is 1. The molecule has 1 aromatic carbocycles. The zero-order chi connectivity index (χ0) is 19.7. The average molecular weight is 384 g/mol. The van der Waals surface area contributed by atoms with E-state index < -0.39 is 0 Å². The van der Waals surface area contributed by atoms with Gasteiger partial charge in [0.05, 0.1) is 23.6 Å². The highest BCUT2D eigenvalue weighted by Crippen LogP contribution is 2.23. The Morgan fingerprint density at radius 3 is 2.96 bits per heavy atom. The van der Waals surface area contributed by atoms with Gasteiger partial charge < -0.3 is 19.0 Å². The second kappa shape index (κ2) is 7.59. The van der Waals surface area contributed by atoms with Crippen LogP contribution in [0.2, 0.25) is 0 Å². The highest BCUT2D eigenvalue weighted by atomic mass is 19.1. The van der Waals surface area contributed by atoms with Crippen molar-refractivity contribution in [3.8, 4) is 0 Å². The number of hydrogen-bond donors (Lipinski definition) is 1. The SMILES string of the molecule is Cc1oc2ccn(Cc3cccc(F)c3)c(=O)c2c1C(=O)NCC1CCCO1. The van der Waals surface area contributed by atoms with E-state index in [-0.39, 0.29) is 40.9 Å². The van der Waals surface area contributed by atoms with Crippen molar-refractivity contribution in [1.82, 2.24) is 9.88 Å². The van der Waals surface area contributed by atoms with Crippen molar-refractivity contribution in [2.24, 2.45) is 0 Å². The first-order valence-corrected chi connectivity index (χ1v) is 9.29. The molecular weight excluding hydrogens is 363 g/mol. The van der Waals surface area contributed by atoms with Crippen molar-refractivity contribution >= 4 is 16.9 Å². The fraction of sp³-hybridized carbons (Fsp3) is 0.333. The Balaban J connectivity index is 1.65. The molecule has 1 saturated heterocycles. The van der Waals surface area contributed by atoms with Gasteiger partial charge in [0.1, 0.15) is 17.2 Å². The van der Waals surface area contributed by atoms with E-state index in [0.29, 0.717) is 30.1 Å². The quantitative estimate of drug-likeness (QED) is 0.734. The molecule has 1 N–H and O–H groups in total. The van der Waals surface area contributed by atoms with Crippen LogP contribution in [0.15, 0.2) is 45.7 Å². The second-order valence-electron chi connectivity index (χ2n) is 7.00. The summed E-state index contributed by atoms with van der Waals surface area (Å²) in [5.41, 5.74) is 0.916. The number of pyridine rings is 1. The number of benzene rings is 1. The topological polar surface area (TPSA) is 73.5 Å². The first-order valence-electron chi connectivity index (χ1n) is 9.29. The fourth-order valence-electron chi connectivity index (χ4n) is 3.60. The molecule has 7 heteroatoms. The second-order valence-corrected chi connectivity index (χ2v) is 7.00. The van der Waals surface area contributed by atoms with Gasteiger partial charge in [-0.3, -0.25) is 9.59 Å². The van der Waals surface area contributed by atoms with Crippen molar-refractivity contribution in [3.63, 3.8) is 0 Å². The van der Waals surface area contributed by atoms with E-state index in [1.807, 2.05) is 0 Å². The molecule has 0 saturated carbocycles. The lowest BCUT2D eigenvalue weighted by Crippen LogP contribution is -2.32. The molecule has 4 rings (SSSR count). The van der Waals surface area contributed by atoms with Crippen LogP contribution in [0.5, 0.6) is 0 Å². The summed E-state index contributed by atoms with van der Waals surface area (Å²) < 4.78 is 26.0. The van der Waals surface area contributed by atoms with E-state index in [4.69, 9.17) is 9.15 Å². The van der Waals surface area contributed by atoms with Gasteiger partial charge in [0.15, 0.2) is 0 Å². The number of carbonyl (C=O) groups excluding carboxylic acids is 1. The highest BCUT2D eigenvalue weighted by molar-refractivity contribution is 6.06. The largest absolute Gasteiger partial charge is 0.460 e. The molecular formula is C21H21FN2O4. The predicted octanol–water partition coefficient (Wildman–Crippen LogP) is 3.00. The molecule has 0 aliphatic carbocycles. The monoisotopic (exact) mass is 384 g/mol. The third-order valence-electron chi connectivity index (χ3n) is 4.98. The zero-order valence-electron chi connectivity index (χ0n) is 15.5. The first-order chi connectivity index (χ1) is 13.5. The molecule has 1 unspecified atom stereocenters. The van der Waals surface area contributed by atoms with Gasteiger partial charge in [0.2, 0.25) is 0 Å². The lowest BCUT2D eigenvalue weighted by Gasteiger charge is -2.11. The molecule has 6 nitrogen and oxygen atoms in total. The number of furan rings is 1. The van der Waals surface area contributed by atoms with E-state index in [1.54, 1.807) is 31.3 Å². The molecule has 1 amide bonds. The van der Waals surface area contributed by atoms with Gasteiger partial charge in [-0.1, -0.05) is 12.1 Å². The molecule has 0 spiro atoms. The maximum absolute atomic E-state index is 13.4. The third kappa shape index (κ3) is 3.57. The van der Waals surface area contributed by atoms with Crippen LogP contribution in [0, 0.1) is 12.7 Å². The summed E-state index contributed by atoms with van der Waals surface area (Å²) in [7, 11) is 0. The Morgan fingerprint density at radius 2 is 2.21 bits per heavy atom. The minimum atomic E-state index is -0.361. The Hall–Kier alpha value is -2.93. The lowest BCUT2D eigenvalue weighted by atomic mass is 10.1. The minimum Gasteiger partial charge on any atom is -0.460 e. The summed E-state index contributed by atoms with van der Waals surface area (Å²) in [5.74, 6) is -0.326. The Bertz CT molecular complexity index is 1080. The average Bonchev–Trinajstić information content (AvgIpc) is 3.29. The van der Waals surface area contributed by atoms with Crippen molar-refractivity contribution in [2.45, 2.75) is 32.4 Å². The predicted molar refractivity (Wildman–Crippen MR) is 102 cm³/mol. The van der Waals surface area contributed by atoms with Crippen LogP contribution in [0.25, 0.3) is 11.0 Å². The van der Waals surface area contributed by atoms with Crippen LogP contribution in [-0.4, -0.2) is 29.7 Å². The van der Waals surface area contributed by atoms with Gasteiger partial charge in [-0.2, -0.15) is 0 Å². The van der Waals surface area contributed by atoms with E-state index in [0.717, 1.165) is 12.8 Å². The van der Waals surface area contributed by atoms with Crippen molar-refractivity contribution in [3.05, 3.63) is 69.6 Å². The molecule has 3 aromatic rings. The first kappa shape index (κ1) is 18.4. The number of rotatable bonds is 5. The highest BCUT2D eigenvalue weighted by Gasteiger charge is 2.23. The molecule has 146 valence electrons. The zero-order valence-corrected chi connectivity index (χ0v) is 15.5. The molecule has 28 heavy (non-hydrogen) atoms. The van der Waals surface area contributed by atoms with Crippen molar-refractivity contribution in [2.75, 3.05) is 13.2 Å². The van der Waals surface area contributed by atoms with Gasteiger partial charge in [-0.25, -0.2) is 4.39 Å². The summed E-state index contributed by atoms with van der Waals surface area (Å²) >= 11 is 0. The summed E-state index contributed by atoms with van der Waals surface area (Å²) in [5, 5.41) is 3.08. The lowest BCUT2D eigenvalue weighted by molar-refractivity contribution is 0.0857. The number of nitrogens with one attached hydrogen (secondary N) is 1. The minimum absolute atomic E-state index is 0.00653. The number of hydrogen-bond acceptors (Lipinski definition) is 4. The Labute approximate surface area is 160 Å². The molecule has 1 aliphatic heterocycles. The standard InChI is InChI=1S/C21H21FN2O4/c1-13-18(20(25)23-11-16-6-3-9-27-16)19-17(28-13)7-8-24(21(19)26)12-14-4-2-5-15(22)10-14/h2,4-5,7-8,10,16H,3,6,9,11-12H2,1H3,(H,23,25). The van der Waals surface area contributed by atoms with E-state index in [1.165, 1.54) is 16.7 Å². The van der Waals surface area contributed by atoms with Crippen LogP contribution in [0.1, 0.15) is 34.5 Å². The number of carbonyl (C=O) groups is 1. The Kier molecular flexibility index (Phi) is 5.00. The maximum atomic E-state index is 13.4. The molecule has 3 heterocycles. The number of amides is 1. The van der Waals surface area contributed by atoms with Crippen molar-refractivity contribution < 1.29 is 18.3 Å². The molecule has 2 aromatic heterocycles. The summed E-state index contributed by atoms with van der Waals surface area (Å²) in [4.78, 5) is 25.8. The number of fused-ring (bicyclic) bond motifs is 1. The van der Waals surface area contributed by atoms with E-state index in [2.05, 4.69) is 5.32 Å². The van der Waals surface area contributed by atoms with Gasteiger partial charge in [-0.15, -0.1) is 0 Å². The van der Waals surface area contributed by atoms with E-state index in [9.17, 15) is 14.0 Å². The van der Waals surface area contributed by atoms with Gasteiger partial charge in [-0.05, 0) is 43.5 Å². The molecule has 0 bridgehead atoms. The van der Waals surface area contributed by atoms with Gasteiger partial charge in [0.25, 0.3) is 11.5 Å². The normalized spacial score (nSPS) is 16.6. The van der Waals surface area contributed by atoms with Crippen LogP contribution in [0.4, 0.5) is 4.39 Å². The molecule has 1 fully saturated rings. The van der Waals surface area contributed by atoms with Gasteiger partial charge in [0, 0.05) is 19.3 Å². The molecule has 1 aliphatic rings. The van der Waals surface area contributed by atoms with Crippen LogP contribution in [0.3, 0.4) is 0 Å². The summed E-state index contributed by atoms with van der Waals surface area (Å²) in [6.45, 7) is 2.97. The van der Waals surface area contributed by atoms with Crippen LogP contribution in [-0.2, 0) is 11.3 Å². The number of nitrogens with zero attached hydrogens (tertiary/aromatic N) is 1. The van der Waals surface area contributed by atoms with Crippen LogP contribution >= 0.6 is 0 Å². The van der Waals surface area contributed by atoms with Gasteiger partial charge >= 0.3 is 0 Å².